The Bertz CT molecular complexity index is 560. The summed E-state index contributed by atoms with van der Waals surface area (Å²) < 4.78 is 10.4. The Kier molecular flexibility index (Phi) is 4.23. The summed E-state index contributed by atoms with van der Waals surface area (Å²) in [6.07, 6.45) is 0.753. The number of furan rings is 1. The van der Waals surface area contributed by atoms with Gasteiger partial charge in [0.2, 0.25) is 0 Å². The van der Waals surface area contributed by atoms with E-state index in [0.29, 0.717) is 12.3 Å². The van der Waals surface area contributed by atoms with Crippen LogP contribution >= 0.6 is 0 Å². The first-order valence-corrected chi connectivity index (χ1v) is 6.16. The second kappa shape index (κ2) is 6.09. The molecule has 0 saturated carbocycles. The second-order valence-corrected chi connectivity index (χ2v) is 4.27. The van der Waals surface area contributed by atoms with Gasteiger partial charge in [0.15, 0.2) is 5.76 Å². The van der Waals surface area contributed by atoms with Crippen molar-refractivity contribution in [3.8, 4) is 5.75 Å². The number of carbonyl (C=O) groups excluding carboxylic acids is 1. The number of methoxy groups -OCH3 is 1. The van der Waals surface area contributed by atoms with E-state index in [2.05, 4.69) is 5.32 Å². The first kappa shape index (κ1) is 13.2. The molecule has 0 aliphatic heterocycles. The van der Waals surface area contributed by atoms with E-state index >= 15 is 0 Å². The third-order valence-electron chi connectivity index (χ3n) is 2.80. The van der Waals surface area contributed by atoms with Crippen LogP contribution < -0.4 is 10.1 Å². The maximum Gasteiger partial charge on any atom is 0.287 e. The predicted molar refractivity (Wildman–Crippen MR) is 72.5 cm³/mol. The van der Waals surface area contributed by atoms with Crippen molar-refractivity contribution in [1.29, 1.82) is 0 Å². The number of rotatable bonds is 5. The molecule has 0 aliphatic rings. The minimum absolute atomic E-state index is 0.184. The molecule has 2 aromatic rings. The number of hydrogen-bond acceptors (Lipinski definition) is 3. The van der Waals surface area contributed by atoms with Crippen molar-refractivity contribution < 1.29 is 13.9 Å². The highest BCUT2D eigenvalue weighted by Crippen LogP contribution is 2.12. The highest BCUT2D eigenvalue weighted by atomic mass is 16.5. The minimum atomic E-state index is -0.184. The molecule has 4 nitrogen and oxygen atoms in total. The van der Waals surface area contributed by atoms with E-state index in [0.717, 1.165) is 23.5 Å². The summed E-state index contributed by atoms with van der Waals surface area (Å²) in [7, 11) is 1.64. The Balaban J connectivity index is 1.84. The molecule has 19 heavy (non-hydrogen) atoms. The second-order valence-electron chi connectivity index (χ2n) is 4.27. The van der Waals surface area contributed by atoms with Crippen LogP contribution in [0.25, 0.3) is 0 Å². The summed E-state index contributed by atoms with van der Waals surface area (Å²) in [5.41, 5.74) is 1.12. The zero-order chi connectivity index (χ0) is 13.7. The van der Waals surface area contributed by atoms with Gasteiger partial charge in [0.1, 0.15) is 11.5 Å². The number of aryl methyl sites for hydroxylation is 1. The van der Waals surface area contributed by atoms with Gasteiger partial charge in [-0.3, -0.25) is 4.79 Å². The van der Waals surface area contributed by atoms with Crippen LogP contribution in [0.15, 0.2) is 40.8 Å². The van der Waals surface area contributed by atoms with Crippen LogP contribution in [0, 0.1) is 6.92 Å². The van der Waals surface area contributed by atoms with Gasteiger partial charge in [-0.05, 0) is 43.2 Å². The summed E-state index contributed by atoms with van der Waals surface area (Å²) in [5.74, 6) is 1.72. The first-order valence-electron chi connectivity index (χ1n) is 6.16. The normalized spacial score (nSPS) is 10.2. The molecule has 1 aromatic heterocycles. The quantitative estimate of drug-likeness (QED) is 0.897. The van der Waals surface area contributed by atoms with Crippen LogP contribution in [0.4, 0.5) is 0 Å². The van der Waals surface area contributed by atoms with E-state index < -0.39 is 0 Å². The maximum absolute atomic E-state index is 11.7. The van der Waals surface area contributed by atoms with Gasteiger partial charge in [0.05, 0.1) is 7.11 Å². The summed E-state index contributed by atoms with van der Waals surface area (Å²) in [6, 6.07) is 11.3. The van der Waals surface area contributed by atoms with Gasteiger partial charge in [-0.1, -0.05) is 12.1 Å². The van der Waals surface area contributed by atoms with Gasteiger partial charge >= 0.3 is 0 Å². The van der Waals surface area contributed by atoms with Crippen LogP contribution in [0.5, 0.6) is 5.75 Å². The van der Waals surface area contributed by atoms with Crippen molar-refractivity contribution in [3.63, 3.8) is 0 Å². The average Bonchev–Trinajstić information content (AvgIpc) is 2.86. The van der Waals surface area contributed by atoms with Crippen molar-refractivity contribution >= 4 is 5.91 Å². The zero-order valence-electron chi connectivity index (χ0n) is 11.1. The summed E-state index contributed by atoms with van der Waals surface area (Å²) in [6.45, 7) is 2.37. The van der Waals surface area contributed by atoms with E-state index in [9.17, 15) is 4.79 Å². The molecule has 0 saturated heterocycles. The summed E-state index contributed by atoms with van der Waals surface area (Å²) in [4.78, 5) is 11.7. The fourth-order valence-corrected chi connectivity index (χ4v) is 1.79. The molecule has 1 N–H and O–H groups in total. The SMILES string of the molecule is COc1cccc(CCNC(=O)c2ccc(C)o2)c1. The number of nitrogens with one attached hydrogen (secondary N) is 1. The molecule has 1 heterocycles. The topological polar surface area (TPSA) is 51.5 Å². The van der Waals surface area contributed by atoms with E-state index in [1.165, 1.54) is 0 Å². The Morgan fingerprint density at radius 1 is 1.32 bits per heavy atom. The molecule has 0 atom stereocenters. The van der Waals surface area contributed by atoms with Gasteiger partial charge in [0, 0.05) is 6.54 Å². The van der Waals surface area contributed by atoms with Crippen molar-refractivity contribution in [3.05, 3.63) is 53.5 Å². The molecular formula is C15H17NO3. The van der Waals surface area contributed by atoms with Crippen molar-refractivity contribution in [1.82, 2.24) is 5.32 Å². The third-order valence-corrected chi connectivity index (χ3v) is 2.80. The Morgan fingerprint density at radius 2 is 2.16 bits per heavy atom. The molecule has 1 aromatic carbocycles. The smallest absolute Gasteiger partial charge is 0.287 e. The lowest BCUT2D eigenvalue weighted by molar-refractivity contribution is 0.0925. The fraction of sp³-hybridized carbons (Fsp3) is 0.267. The number of amides is 1. The summed E-state index contributed by atoms with van der Waals surface area (Å²) >= 11 is 0. The van der Waals surface area contributed by atoms with Crippen LogP contribution in [-0.2, 0) is 6.42 Å². The molecule has 1 amide bonds. The lowest BCUT2D eigenvalue weighted by atomic mass is 10.1. The van der Waals surface area contributed by atoms with Crippen molar-refractivity contribution in [2.24, 2.45) is 0 Å². The standard InChI is InChI=1S/C15H17NO3/c1-11-6-7-14(19-11)15(17)16-9-8-12-4-3-5-13(10-12)18-2/h3-7,10H,8-9H2,1-2H3,(H,16,17). The van der Waals surface area contributed by atoms with Gasteiger partial charge < -0.3 is 14.5 Å². The Morgan fingerprint density at radius 3 is 2.84 bits per heavy atom. The summed E-state index contributed by atoms with van der Waals surface area (Å²) in [5, 5.41) is 2.82. The highest BCUT2D eigenvalue weighted by Gasteiger charge is 2.08. The van der Waals surface area contributed by atoms with Crippen molar-refractivity contribution in [2.45, 2.75) is 13.3 Å². The molecule has 0 radical (unpaired) electrons. The van der Waals surface area contributed by atoms with Crippen molar-refractivity contribution in [2.75, 3.05) is 13.7 Å². The largest absolute Gasteiger partial charge is 0.497 e. The molecule has 2 rings (SSSR count). The van der Waals surface area contributed by atoms with E-state index in [4.69, 9.17) is 9.15 Å². The van der Waals surface area contributed by atoms with Gasteiger partial charge in [0.25, 0.3) is 5.91 Å². The van der Waals surface area contributed by atoms with Crippen LogP contribution in [-0.4, -0.2) is 19.6 Å². The van der Waals surface area contributed by atoms with Gasteiger partial charge in [-0.25, -0.2) is 0 Å². The number of ether oxygens (including phenoxy) is 1. The molecule has 0 unspecified atom stereocenters. The van der Waals surface area contributed by atoms with E-state index in [1.54, 1.807) is 19.2 Å². The third kappa shape index (κ3) is 3.61. The number of hydrogen-bond donors (Lipinski definition) is 1. The molecule has 0 bridgehead atoms. The number of benzene rings is 1. The van der Waals surface area contributed by atoms with Gasteiger partial charge in [-0.2, -0.15) is 0 Å². The minimum Gasteiger partial charge on any atom is -0.497 e. The van der Waals surface area contributed by atoms with Gasteiger partial charge in [-0.15, -0.1) is 0 Å². The average molecular weight is 259 g/mol. The predicted octanol–water partition coefficient (Wildman–Crippen LogP) is 2.57. The monoisotopic (exact) mass is 259 g/mol. The molecule has 100 valence electrons. The molecule has 4 heteroatoms. The lowest BCUT2D eigenvalue weighted by Gasteiger charge is -2.05. The fourth-order valence-electron chi connectivity index (χ4n) is 1.79. The number of carbonyl (C=O) groups is 1. The first-order chi connectivity index (χ1) is 9.19. The van der Waals surface area contributed by atoms with Crippen LogP contribution in [0.2, 0.25) is 0 Å². The lowest BCUT2D eigenvalue weighted by Crippen LogP contribution is -2.25. The molecular weight excluding hydrogens is 242 g/mol. The Labute approximate surface area is 112 Å². The van der Waals surface area contributed by atoms with E-state index in [1.807, 2.05) is 31.2 Å². The van der Waals surface area contributed by atoms with Crippen LogP contribution in [0.1, 0.15) is 21.9 Å². The maximum atomic E-state index is 11.7. The highest BCUT2D eigenvalue weighted by molar-refractivity contribution is 5.91. The van der Waals surface area contributed by atoms with E-state index in [-0.39, 0.29) is 5.91 Å². The molecule has 0 aliphatic carbocycles. The molecule has 0 fully saturated rings. The Hall–Kier alpha value is -2.23. The van der Waals surface area contributed by atoms with Crippen LogP contribution in [0.3, 0.4) is 0 Å². The molecule has 0 spiro atoms. The zero-order valence-corrected chi connectivity index (χ0v) is 11.1.